The molecule has 0 radical (unpaired) electrons. The Morgan fingerprint density at radius 3 is 2.46 bits per heavy atom. The molecule has 132 valence electrons. The maximum Gasteiger partial charge on any atom is 0.223 e. The minimum atomic E-state index is 0.165. The molecule has 0 atom stereocenters. The van der Waals surface area contributed by atoms with Crippen LogP contribution in [-0.4, -0.2) is 38.3 Å². The highest BCUT2D eigenvalue weighted by Crippen LogP contribution is 2.15. The van der Waals surface area contributed by atoms with Crippen LogP contribution in [0.2, 0.25) is 0 Å². The van der Waals surface area contributed by atoms with E-state index in [9.17, 15) is 4.79 Å². The highest BCUT2D eigenvalue weighted by Gasteiger charge is 2.20. The average molecular weight is 332 g/mol. The van der Waals surface area contributed by atoms with Crippen LogP contribution in [0.1, 0.15) is 36.8 Å². The number of benzene rings is 1. The molecule has 1 aromatic rings. The van der Waals surface area contributed by atoms with Crippen LogP contribution in [0.4, 0.5) is 0 Å². The lowest BCUT2D eigenvalue weighted by Gasteiger charge is -2.22. The average Bonchev–Trinajstić information content (AvgIpc) is 2.67. The van der Waals surface area contributed by atoms with Gasteiger partial charge in [0.25, 0.3) is 0 Å². The fourth-order valence-electron chi connectivity index (χ4n) is 3.23. The number of piperidine rings is 1. The minimum absolute atomic E-state index is 0.165. The largest absolute Gasteiger partial charge is 0.381 e. The van der Waals surface area contributed by atoms with Crippen LogP contribution in [0.5, 0.6) is 0 Å². The zero-order valence-corrected chi connectivity index (χ0v) is 14.3. The van der Waals surface area contributed by atoms with Gasteiger partial charge in [-0.15, -0.1) is 0 Å². The number of amides is 1. The molecule has 2 aliphatic heterocycles. The zero-order chi connectivity index (χ0) is 16.6. The molecule has 2 N–H and O–H groups in total. The van der Waals surface area contributed by atoms with E-state index in [4.69, 9.17) is 9.47 Å². The standard InChI is InChI=1S/C19H28N2O3/c22-19(17-5-9-20-10-6-17)21-13-15-1-3-16(4-2-15)14-24-18-7-11-23-12-8-18/h1-4,17-18,20H,5-14H2,(H,21,22). The monoisotopic (exact) mass is 332 g/mol. The van der Waals surface area contributed by atoms with Crippen molar-refractivity contribution in [2.75, 3.05) is 26.3 Å². The van der Waals surface area contributed by atoms with Gasteiger partial charge in [-0.3, -0.25) is 4.79 Å². The van der Waals surface area contributed by atoms with Crippen molar-refractivity contribution in [3.63, 3.8) is 0 Å². The lowest BCUT2D eigenvalue weighted by atomic mass is 9.97. The maximum absolute atomic E-state index is 12.1. The number of ether oxygens (including phenoxy) is 2. The Labute approximate surface area is 144 Å². The third-order valence-corrected chi connectivity index (χ3v) is 4.85. The van der Waals surface area contributed by atoms with Crippen molar-refractivity contribution in [1.29, 1.82) is 0 Å². The second-order valence-electron chi connectivity index (χ2n) is 6.68. The first-order valence-electron chi connectivity index (χ1n) is 9.07. The fourth-order valence-corrected chi connectivity index (χ4v) is 3.23. The molecule has 0 aromatic heterocycles. The van der Waals surface area contributed by atoms with Gasteiger partial charge in [0, 0.05) is 25.7 Å². The Balaban J connectivity index is 1.39. The molecule has 24 heavy (non-hydrogen) atoms. The summed E-state index contributed by atoms with van der Waals surface area (Å²) in [7, 11) is 0. The van der Waals surface area contributed by atoms with Gasteiger partial charge >= 0.3 is 0 Å². The first-order valence-corrected chi connectivity index (χ1v) is 9.07. The Bertz CT molecular complexity index is 506. The van der Waals surface area contributed by atoms with Crippen molar-refractivity contribution in [3.8, 4) is 0 Å². The van der Waals surface area contributed by atoms with Crippen LogP contribution in [0.15, 0.2) is 24.3 Å². The molecule has 2 aliphatic rings. The molecular formula is C19H28N2O3. The van der Waals surface area contributed by atoms with Crippen molar-refractivity contribution < 1.29 is 14.3 Å². The number of carbonyl (C=O) groups excluding carboxylic acids is 1. The van der Waals surface area contributed by atoms with Crippen LogP contribution in [0, 0.1) is 5.92 Å². The van der Waals surface area contributed by atoms with Crippen molar-refractivity contribution in [2.24, 2.45) is 5.92 Å². The molecular weight excluding hydrogens is 304 g/mol. The molecule has 0 bridgehead atoms. The lowest BCUT2D eigenvalue weighted by molar-refractivity contribution is -0.125. The van der Waals surface area contributed by atoms with Gasteiger partial charge in [0.2, 0.25) is 5.91 Å². The molecule has 0 aliphatic carbocycles. The fraction of sp³-hybridized carbons (Fsp3) is 0.632. The molecule has 5 heteroatoms. The summed E-state index contributed by atoms with van der Waals surface area (Å²) in [4.78, 5) is 12.1. The first kappa shape index (κ1) is 17.4. The highest BCUT2D eigenvalue weighted by atomic mass is 16.5. The lowest BCUT2D eigenvalue weighted by Crippen LogP contribution is -2.37. The number of hydrogen-bond donors (Lipinski definition) is 2. The molecule has 1 amide bonds. The molecule has 2 saturated heterocycles. The second-order valence-corrected chi connectivity index (χ2v) is 6.68. The summed E-state index contributed by atoms with van der Waals surface area (Å²) in [6.07, 6.45) is 4.17. The molecule has 2 heterocycles. The van der Waals surface area contributed by atoms with Gasteiger partial charge < -0.3 is 20.1 Å². The smallest absolute Gasteiger partial charge is 0.223 e. The van der Waals surface area contributed by atoms with Crippen molar-refractivity contribution in [3.05, 3.63) is 35.4 Å². The summed E-state index contributed by atoms with van der Waals surface area (Å²) in [6, 6.07) is 8.33. The minimum Gasteiger partial charge on any atom is -0.381 e. The quantitative estimate of drug-likeness (QED) is 0.836. The third-order valence-electron chi connectivity index (χ3n) is 4.85. The van der Waals surface area contributed by atoms with Crippen molar-refractivity contribution >= 4 is 5.91 Å². The van der Waals surface area contributed by atoms with E-state index in [-0.39, 0.29) is 11.8 Å². The van der Waals surface area contributed by atoms with E-state index in [1.54, 1.807) is 0 Å². The van der Waals surface area contributed by atoms with Crippen LogP contribution in [-0.2, 0) is 27.4 Å². The Morgan fingerprint density at radius 1 is 1.08 bits per heavy atom. The van der Waals surface area contributed by atoms with E-state index in [0.717, 1.165) is 57.6 Å². The topological polar surface area (TPSA) is 59.6 Å². The predicted molar refractivity (Wildman–Crippen MR) is 92.5 cm³/mol. The Kier molecular flexibility index (Phi) is 6.64. The van der Waals surface area contributed by atoms with Crippen LogP contribution >= 0.6 is 0 Å². The van der Waals surface area contributed by atoms with Gasteiger partial charge in [0.1, 0.15) is 0 Å². The van der Waals surface area contributed by atoms with Crippen LogP contribution < -0.4 is 10.6 Å². The summed E-state index contributed by atoms with van der Waals surface area (Å²) in [6.45, 7) is 4.75. The number of hydrogen-bond acceptors (Lipinski definition) is 4. The highest BCUT2D eigenvalue weighted by molar-refractivity contribution is 5.78. The SMILES string of the molecule is O=C(NCc1ccc(COC2CCOCC2)cc1)C1CCNCC1. The van der Waals surface area contributed by atoms with Gasteiger partial charge in [0.05, 0.1) is 12.7 Å². The number of rotatable bonds is 6. The van der Waals surface area contributed by atoms with Gasteiger partial charge in [-0.05, 0) is 49.9 Å². The molecule has 0 spiro atoms. The molecule has 0 unspecified atom stereocenters. The van der Waals surface area contributed by atoms with Crippen LogP contribution in [0.25, 0.3) is 0 Å². The van der Waals surface area contributed by atoms with E-state index in [2.05, 4.69) is 34.9 Å². The second kappa shape index (κ2) is 9.16. The summed E-state index contributed by atoms with van der Waals surface area (Å²) < 4.78 is 11.3. The Morgan fingerprint density at radius 2 is 1.75 bits per heavy atom. The zero-order valence-electron chi connectivity index (χ0n) is 14.3. The van der Waals surface area contributed by atoms with E-state index >= 15 is 0 Å². The summed E-state index contributed by atoms with van der Waals surface area (Å²) in [5.41, 5.74) is 2.31. The molecule has 3 rings (SSSR count). The Hall–Kier alpha value is -1.43. The van der Waals surface area contributed by atoms with E-state index in [1.165, 1.54) is 5.56 Å². The van der Waals surface area contributed by atoms with Crippen LogP contribution in [0.3, 0.4) is 0 Å². The molecule has 2 fully saturated rings. The molecule has 1 aromatic carbocycles. The van der Waals surface area contributed by atoms with Crippen molar-refractivity contribution in [1.82, 2.24) is 10.6 Å². The van der Waals surface area contributed by atoms with E-state index < -0.39 is 0 Å². The number of carbonyl (C=O) groups is 1. The summed E-state index contributed by atoms with van der Waals surface area (Å²) in [5, 5.41) is 6.35. The summed E-state index contributed by atoms with van der Waals surface area (Å²) >= 11 is 0. The van der Waals surface area contributed by atoms with E-state index in [0.29, 0.717) is 19.3 Å². The molecule has 0 saturated carbocycles. The normalized spacial score (nSPS) is 20.0. The first-order chi connectivity index (χ1) is 11.8. The van der Waals surface area contributed by atoms with Gasteiger partial charge in [-0.2, -0.15) is 0 Å². The van der Waals surface area contributed by atoms with Gasteiger partial charge in [-0.25, -0.2) is 0 Å². The van der Waals surface area contributed by atoms with Gasteiger partial charge in [-0.1, -0.05) is 24.3 Å². The third kappa shape index (κ3) is 5.30. The maximum atomic E-state index is 12.1. The summed E-state index contributed by atoms with van der Waals surface area (Å²) in [5.74, 6) is 0.349. The van der Waals surface area contributed by atoms with Gasteiger partial charge in [0.15, 0.2) is 0 Å². The van der Waals surface area contributed by atoms with Crippen molar-refractivity contribution in [2.45, 2.75) is 44.9 Å². The van der Waals surface area contributed by atoms with E-state index in [1.807, 2.05) is 0 Å². The molecule has 5 nitrogen and oxygen atoms in total. The predicted octanol–water partition coefficient (Wildman–Crippen LogP) is 2.00. The number of nitrogens with one attached hydrogen (secondary N) is 2.